The summed E-state index contributed by atoms with van der Waals surface area (Å²) in [4.78, 5) is 29.1. The van der Waals surface area contributed by atoms with Crippen molar-refractivity contribution in [2.45, 2.75) is 31.1 Å². The van der Waals surface area contributed by atoms with Gasteiger partial charge in [0.15, 0.2) is 5.75 Å². The van der Waals surface area contributed by atoms with E-state index in [-0.39, 0.29) is 21.9 Å². The third-order valence-electron chi connectivity index (χ3n) is 7.24. The molecule has 1 amide bonds. The molecule has 0 unspecified atom stereocenters. The molecule has 3 aromatic carbocycles. The van der Waals surface area contributed by atoms with Crippen molar-refractivity contribution >= 4 is 38.2 Å². The quantitative estimate of drug-likeness (QED) is 0.276. The van der Waals surface area contributed by atoms with Gasteiger partial charge >= 0.3 is 0 Å². The number of methoxy groups -OCH3 is 1. The SMILES string of the molecule is COc1c(NC(=O)C(=O)c2ccc(OCCN3CCOCC3)c3ccccc23)cc(C(C)(C)C)cc1S(=O)(=O)N(C)C. The summed E-state index contributed by atoms with van der Waals surface area (Å²) < 4.78 is 44.4. The second kappa shape index (κ2) is 12.8. The van der Waals surface area contributed by atoms with E-state index in [9.17, 15) is 18.0 Å². The highest BCUT2D eigenvalue weighted by Gasteiger charge is 2.30. The van der Waals surface area contributed by atoms with Gasteiger partial charge in [0.25, 0.3) is 11.7 Å². The molecule has 10 nitrogen and oxygen atoms in total. The van der Waals surface area contributed by atoms with E-state index >= 15 is 0 Å². The summed E-state index contributed by atoms with van der Waals surface area (Å²) in [5.41, 5.74) is 0.488. The fourth-order valence-electron chi connectivity index (χ4n) is 4.73. The van der Waals surface area contributed by atoms with E-state index in [4.69, 9.17) is 14.2 Å². The second-order valence-electron chi connectivity index (χ2n) is 11.3. The summed E-state index contributed by atoms with van der Waals surface area (Å²) in [5, 5.41) is 3.92. The number of rotatable bonds is 10. The summed E-state index contributed by atoms with van der Waals surface area (Å²) in [6, 6.07) is 13.7. The van der Waals surface area contributed by atoms with Crippen molar-refractivity contribution in [1.29, 1.82) is 0 Å². The van der Waals surface area contributed by atoms with Crippen LogP contribution >= 0.6 is 0 Å². The highest BCUT2D eigenvalue weighted by molar-refractivity contribution is 7.89. The number of fused-ring (bicyclic) bond motifs is 1. The monoisotopic (exact) mass is 597 g/mol. The molecule has 42 heavy (non-hydrogen) atoms. The standard InChI is InChI=1S/C31H39N3O7S/c1-31(2,3)21-19-25(29(39-6)27(20-21)42(37,38)33(4)5)32-30(36)28(35)24-11-12-26(23-10-8-7-9-22(23)24)41-18-15-34-13-16-40-17-14-34/h7-12,19-20H,13-18H2,1-6H3,(H,32,36). The Hall–Kier alpha value is -3.51. The van der Waals surface area contributed by atoms with Gasteiger partial charge in [0.05, 0.1) is 26.0 Å². The lowest BCUT2D eigenvalue weighted by molar-refractivity contribution is -0.112. The number of hydrogen-bond donors (Lipinski definition) is 1. The highest BCUT2D eigenvalue weighted by Crippen LogP contribution is 2.39. The first-order valence-electron chi connectivity index (χ1n) is 13.8. The zero-order chi connectivity index (χ0) is 30.7. The van der Waals surface area contributed by atoms with Gasteiger partial charge in [-0.1, -0.05) is 45.0 Å². The number of carbonyl (C=O) groups excluding carboxylic acids is 2. The van der Waals surface area contributed by atoms with Crippen molar-refractivity contribution in [3.63, 3.8) is 0 Å². The number of ketones is 1. The molecular formula is C31H39N3O7S. The van der Waals surface area contributed by atoms with Gasteiger partial charge in [0.2, 0.25) is 10.0 Å². The molecular weight excluding hydrogens is 558 g/mol. The summed E-state index contributed by atoms with van der Waals surface area (Å²) in [6.07, 6.45) is 0. The number of sulfonamides is 1. The first-order valence-corrected chi connectivity index (χ1v) is 15.2. The fourth-order valence-corrected chi connectivity index (χ4v) is 5.83. The summed E-state index contributed by atoms with van der Waals surface area (Å²) in [7, 11) is 0.226. The molecule has 0 atom stereocenters. The average molecular weight is 598 g/mol. The Kier molecular flexibility index (Phi) is 9.56. The van der Waals surface area contributed by atoms with E-state index in [0.29, 0.717) is 41.9 Å². The number of nitrogens with one attached hydrogen (secondary N) is 1. The van der Waals surface area contributed by atoms with Crippen LogP contribution in [0.3, 0.4) is 0 Å². The molecule has 3 aromatic rings. The van der Waals surface area contributed by atoms with Crippen molar-refractivity contribution < 1.29 is 32.2 Å². The first-order chi connectivity index (χ1) is 19.8. The molecule has 1 saturated heterocycles. The number of ether oxygens (including phenoxy) is 3. The van der Waals surface area contributed by atoms with Gasteiger partial charge in [0, 0.05) is 44.7 Å². The van der Waals surface area contributed by atoms with Gasteiger partial charge in [-0.3, -0.25) is 14.5 Å². The highest BCUT2D eigenvalue weighted by atomic mass is 32.2. The van der Waals surface area contributed by atoms with Crippen LogP contribution in [0.1, 0.15) is 36.7 Å². The molecule has 1 heterocycles. The zero-order valence-electron chi connectivity index (χ0n) is 25.0. The molecule has 11 heteroatoms. The van der Waals surface area contributed by atoms with Crippen LogP contribution in [0.25, 0.3) is 10.8 Å². The number of anilines is 1. The number of hydrogen-bond acceptors (Lipinski definition) is 8. The Labute approximate surface area is 247 Å². The predicted octanol–water partition coefficient (Wildman–Crippen LogP) is 3.93. The summed E-state index contributed by atoms with van der Waals surface area (Å²) in [6.45, 7) is 10.1. The fraction of sp³-hybridized carbons (Fsp3) is 0.419. The van der Waals surface area contributed by atoms with Crippen LogP contribution < -0.4 is 14.8 Å². The van der Waals surface area contributed by atoms with E-state index in [0.717, 1.165) is 23.9 Å². The number of amides is 1. The van der Waals surface area contributed by atoms with E-state index in [2.05, 4.69) is 10.2 Å². The van der Waals surface area contributed by atoms with Crippen molar-refractivity contribution in [2.24, 2.45) is 0 Å². The molecule has 0 spiro atoms. The maximum Gasteiger partial charge on any atom is 0.296 e. The molecule has 1 N–H and O–H groups in total. The Morgan fingerprint density at radius 3 is 2.31 bits per heavy atom. The van der Waals surface area contributed by atoms with Crippen molar-refractivity contribution in [1.82, 2.24) is 9.21 Å². The minimum absolute atomic E-state index is 0.0493. The van der Waals surface area contributed by atoms with E-state index < -0.39 is 27.1 Å². The van der Waals surface area contributed by atoms with Gasteiger partial charge in [0.1, 0.15) is 17.3 Å². The minimum atomic E-state index is -3.93. The number of carbonyl (C=O) groups is 2. The molecule has 4 rings (SSSR count). The third kappa shape index (κ3) is 6.75. The zero-order valence-corrected chi connectivity index (χ0v) is 25.8. The van der Waals surface area contributed by atoms with E-state index in [1.807, 2.05) is 32.9 Å². The minimum Gasteiger partial charge on any atom is -0.493 e. The maximum atomic E-state index is 13.5. The Bertz CT molecular complexity index is 1570. The molecule has 226 valence electrons. The number of morpholine rings is 1. The van der Waals surface area contributed by atoms with Crippen LogP contribution in [-0.2, 0) is 25.0 Å². The number of Topliss-reactive ketones (excluding diaryl/α,β-unsaturated/α-hetero) is 1. The van der Waals surface area contributed by atoms with Gasteiger partial charge < -0.3 is 19.5 Å². The van der Waals surface area contributed by atoms with Gasteiger partial charge in [-0.05, 0) is 40.6 Å². The lowest BCUT2D eigenvalue weighted by Crippen LogP contribution is -2.38. The van der Waals surface area contributed by atoms with Crippen molar-refractivity contribution in [2.75, 3.05) is 66.0 Å². The molecule has 1 aliphatic heterocycles. The summed E-state index contributed by atoms with van der Waals surface area (Å²) >= 11 is 0. The Balaban J connectivity index is 1.64. The Morgan fingerprint density at radius 1 is 1.02 bits per heavy atom. The number of benzene rings is 3. The van der Waals surface area contributed by atoms with Crippen LogP contribution in [0.2, 0.25) is 0 Å². The average Bonchev–Trinajstić information content (AvgIpc) is 2.96. The number of nitrogens with zero attached hydrogens (tertiary/aromatic N) is 2. The maximum absolute atomic E-state index is 13.5. The predicted molar refractivity (Wildman–Crippen MR) is 162 cm³/mol. The van der Waals surface area contributed by atoms with E-state index in [1.165, 1.54) is 27.3 Å². The molecule has 0 aromatic heterocycles. The third-order valence-corrected chi connectivity index (χ3v) is 9.06. The Morgan fingerprint density at radius 2 is 1.69 bits per heavy atom. The van der Waals surface area contributed by atoms with Crippen molar-refractivity contribution in [3.8, 4) is 11.5 Å². The lowest BCUT2D eigenvalue weighted by Gasteiger charge is -2.26. The smallest absolute Gasteiger partial charge is 0.296 e. The second-order valence-corrected chi connectivity index (χ2v) is 13.5. The summed E-state index contributed by atoms with van der Waals surface area (Å²) in [5.74, 6) is -1.12. The lowest BCUT2D eigenvalue weighted by atomic mass is 9.86. The largest absolute Gasteiger partial charge is 0.493 e. The van der Waals surface area contributed by atoms with Gasteiger partial charge in [-0.15, -0.1) is 0 Å². The van der Waals surface area contributed by atoms with Gasteiger partial charge in [-0.25, -0.2) is 12.7 Å². The van der Waals surface area contributed by atoms with Crippen LogP contribution in [0.4, 0.5) is 5.69 Å². The van der Waals surface area contributed by atoms with Crippen molar-refractivity contribution in [3.05, 3.63) is 59.7 Å². The van der Waals surface area contributed by atoms with E-state index in [1.54, 1.807) is 30.3 Å². The normalized spacial score (nSPS) is 14.6. The first kappa shape index (κ1) is 31.4. The van der Waals surface area contributed by atoms with Crippen LogP contribution in [0.5, 0.6) is 11.5 Å². The molecule has 0 radical (unpaired) electrons. The van der Waals surface area contributed by atoms with Crippen LogP contribution in [0, 0.1) is 0 Å². The van der Waals surface area contributed by atoms with Gasteiger partial charge in [-0.2, -0.15) is 0 Å². The molecule has 0 saturated carbocycles. The molecule has 1 aliphatic rings. The van der Waals surface area contributed by atoms with Crippen LogP contribution in [-0.4, -0.2) is 90.0 Å². The van der Waals surface area contributed by atoms with Crippen LogP contribution in [0.15, 0.2) is 53.4 Å². The molecule has 0 bridgehead atoms. The molecule has 1 fully saturated rings. The topological polar surface area (TPSA) is 114 Å². The molecule has 0 aliphatic carbocycles.